The molecule has 2 aromatic carbocycles. The Kier molecular flexibility index (Phi) is 5.30. The van der Waals surface area contributed by atoms with Crippen LogP contribution in [0.2, 0.25) is 0 Å². The van der Waals surface area contributed by atoms with Gasteiger partial charge in [-0.3, -0.25) is 4.79 Å². The molecule has 152 valence electrons. The second-order valence-electron chi connectivity index (χ2n) is 7.01. The molecular formula is C22H20N4O4. The van der Waals surface area contributed by atoms with E-state index >= 15 is 0 Å². The molecule has 0 saturated heterocycles. The number of nitrogens with one attached hydrogen (secondary N) is 1. The molecule has 0 radical (unpaired) electrons. The molecule has 2 heterocycles. The quantitative estimate of drug-likeness (QED) is 0.496. The van der Waals surface area contributed by atoms with E-state index < -0.39 is 5.63 Å². The van der Waals surface area contributed by atoms with Crippen LogP contribution in [0.25, 0.3) is 11.0 Å². The zero-order valence-corrected chi connectivity index (χ0v) is 16.6. The fourth-order valence-corrected chi connectivity index (χ4v) is 3.23. The highest BCUT2D eigenvalue weighted by atomic mass is 16.5. The van der Waals surface area contributed by atoms with Crippen molar-refractivity contribution in [3.63, 3.8) is 0 Å². The van der Waals surface area contributed by atoms with Crippen molar-refractivity contribution >= 4 is 22.6 Å². The highest BCUT2D eigenvalue weighted by molar-refractivity contribution is 5.93. The summed E-state index contributed by atoms with van der Waals surface area (Å²) in [6.45, 7) is 4.11. The fraction of sp³-hybridized carbons (Fsp3) is 0.182. The number of benzene rings is 2. The number of rotatable bonds is 6. The number of amides is 1. The Balaban J connectivity index is 1.42. The third kappa shape index (κ3) is 4.38. The van der Waals surface area contributed by atoms with Gasteiger partial charge in [0.15, 0.2) is 6.61 Å². The Labute approximate surface area is 172 Å². The van der Waals surface area contributed by atoms with E-state index in [1.165, 1.54) is 12.4 Å². The number of hydrogen-bond donors (Lipinski definition) is 1. The van der Waals surface area contributed by atoms with E-state index in [1.807, 2.05) is 44.2 Å². The molecule has 0 spiro atoms. The lowest BCUT2D eigenvalue weighted by atomic mass is 10.1. The van der Waals surface area contributed by atoms with Crippen LogP contribution in [0.1, 0.15) is 16.7 Å². The van der Waals surface area contributed by atoms with Crippen molar-refractivity contribution in [2.24, 2.45) is 0 Å². The summed E-state index contributed by atoms with van der Waals surface area (Å²) < 4.78 is 12.7. The third-order valence-electron chi connectivity index (χ3n) is 4.56. The molecule has 1 amide bonds. The first-order valence-corrected chi connectivity index (χ1v) is 9.37. The van der Waals surface area contributed by atoms with Crippen LogP contribution < -0.4 is 15.7 Å². The summed E-state index contributed by atoms with van der Waals surface area (Å²) in [6, 6.07) is 12.5. The van der Waals surface area contributed by atoms with Crippen LogP contribution in [-0.2, 0) is 11.3 Å². The van der Waals surface area contributed by atoms with Gasteiger partial charge in [0.25, 0.3) is 5.91 Å². The van der Waals surface area contributed by atoms with Gasteiger partial charge >= 0.3 is 5.63 Å². The van der Waals surface area contributed by atoms with E-state index in [0.29, 0.717) is 29.0 Å². The maximum absolute atomic E-state index is 12.4. The summed E-state index contributed by atoms with van der Waals surface area (Å²) >= 11 is 0. The van der Waals surface area contributed by atoms with Gasteiger partial charge in [0.05, 0.1) is 11.9 Å². The van der Waals surface area contributed by atoms with Crippen LogP contribution in [0.15, 0.2) is 64.3 Å². The van der Waals surface area contributed by atoms with Crippen molar-refractivity contribution in [2.75, 3.05) is 11.9 Å². The molecule has 1 N–H and O–H groups in total. The van der Waals surface area contributed by atoms with Crippen molar-refractivity contribution in [1.82, 2.24) is 14.8 Å². The summed E-state index contributed by atoms with van der Waals surface area (Å²) in [5, 5.41) is 7.57. The van der Waals surface area contributed by atoms with Crippen LogP contribution in [0.4, 0.5) is 5.69 Å². The van der Waals surface area contributed by atoms with E-state index in [1.54, 1.807) is 17.1 Å². The summed E-state index contributed by atoms with van der Waals surface area (Å²) in [6.07, 6.45) is 3.14. The SMILES string of the molecule is Cc1cc(OCC(=O)Nc2ccc(Cn3cncn3)cc2)c2c(C)cc(=O)oc2c1. The standard InChI is InChI=1S/C22H20N4O4/c1-14-7-18(22-15(2)9-21(28)30-19(22)8-14)29-11-20(27)25-17-5-3-16(4-6-17)10-26-13-23-12-24-26/h3-9,12-13H,10-11H2,1-2H3,(H,25,27). The zero-order chi connectivity index (χ0) is 21.1. The molecule has 4 rings (SSSR count). The minimum atomic E-state index is -0.415. The number of hydrogen-bond acceptors (Lipinski definition) is 6. The van der Waals surface area contributed by atoms with Gasteiger partial charge in [-0.1, -0.05) is 12.1 Å². The van der Waals surface area contributed by atoms with Crippen LogP contribution >= 0.6 is 0 Å². The highest BCUT2D eigenvalue weighted by Crippen LogP contribution is 2.29. The first-order valence-electron chi connectivity index (χ1n) is 9.37. The topological polar surface area (TPSA) is 99.2 Å². The summed E-state index contributed by atoms with van der Waals surface area (Å²) in [4.78, 5) is 27.9. The normalized spacial score (nSPS) is 10.9. The van der Waals surface area contributed by atoms with Gasteiger partial charge in [-0.25, -0.2) is 14.5 Å². The maximum Gasteiger partial charge on any atom is 0.336 e. The third-order valence-corrected chi connectivity index (χ3v) is 4.56. The summed E-state index contributed by atoms with van der Waals surface area (Å²) in [7, 11) is 0. The van der Waals surface area contributed by atoms with Gasteiger partial charge in [0.2, 0.25) is 0 Å². The second kappa shape index (κ2) is 8.20. The molecule has 8 nitrogen and oxygen atoms in total. The van der Waals surface area contributed by atoms with Crippen molar-refractivity contribution in [1.29, 1.82) is 0 Å². The predicted octanol–water partition coefficient (Wildman–Crippen LogP) is 3.07. The first kappa shape index (κ1) is 19.4. The Hall–Kier alpha value is -3.94. The molecule has 0 aliphatic carbocycles. The molecule has 30 heavy (non-hydrogen) atoms. The van der Waals surface area contributed by atoms with Gasteiger partial charge < -0.3 is 14.5 Å². The highest BCUT2D eigenvalue weighted by Gasteiger charge is 2.12. The fourth-order valence-electron chi connectivity index (χ4n) is 3.23. The van der Waals surface area contributed by atoms with Gasteiger partial charge in [-0.2, -0.15) is 5.10 Å². The summed E-state index contributed by atoms with van der Waals surface area (Å²) in [5.41, 5.74) is 3.34. The van der Waals surface area contributed by atoms with Crippen molar-refractivity contribution in [3.8, 4) is 5.75 Å². The molecule has 0 bridgehead atoms. The lowest BCUT2D eigenvalue weighted by Gasteiger charge is -2.12. The number of aromatic nitrogens is 3. The first-order chi connectivity index (χ1) is 14.5. The van der Waals surface area contributed by atoms with Crippen molar-refractivity contribution in [3.05, 3.63) is 82.2 Å². The number of nitrogens with zero attached hydrogens (tertiary/aromatic N) is 3. The van der Waals surface area contributed by atoms with E-state index in [0.717, 1.165) is 16.7 Å². The molecule has 0 aliphatic heterocycles. The number of anilines is 1. The number of fused-ring (bicyclic) bond motifs is 1. The molecule has 0 unspecified atom stereocenters. The smallest absolute Gasteiger partial charge is 0.336 e. The molecule has 8 heteroatoms. The minimum Gasteiger partial charge on any atom is -0.483 e. The lowest BCUT2D eigenvalue weighted by Crippen LogP contribution is -2.20. The molecule has 0 fully saturated rings. The van der Waals surface area contributed by atoms with Crippen LogP contribution in [0.3, 0.4) is 0 Å². The van der Waals surface area contributed by atoms with Gasteiger partial charge in [0.1, 0.15) is 24.0 Å². The van der Waals surface area contributed by atoms with E-state index in [-0.39, 0.29) is 12.5 Å². The largest absolute Gasteiger partial charge is 0.483 e. The molecule has 2 aromatic heterocycles. The van der Waals surface area contributed by atoms with Crippen LogP contribution in [0, 0.1) is 13.8 Å². The number of ether oxygens (including phenoxy) is 1. The maximum atomic E-state index is 12.4. The Morgan fingerprint density at radius 3 is 2.70 bits per heavy atom. The predicted molar refractivity (Wildman–Crippen MR) is 112 cm³/mol. The average Bonchev–Trinajstić information content (AvgIpc) is 3.20. The Bertz CT molecular complexity index is 1240. The van der Waals surface area contributed by atoms with Gasteiger partial charge in [-0.15, -0.1) is 0 Å². The van der Waals surface area contributed by atoms with E-state index in [2.05, 4.69) is 15.4 Å². The Morgan fingerprint density at radius 1 is 1.17 bits per heavy atom. The average molecular weight is 404 g/mol. The van der Waals surface area contributed by atoms with Gasteiger partial charge in [0, 0.05) is 11.8 Å². The van der Waals surface area contributed by atoms with Gasteiger partial charge in [-0.05, 0) is 54.8 Å². The minimum absolute atomic E-state index is 0.169. The van der Waals surface area contributed by atoms with E-state index in [9.17, 15) is 9.59 Å². The lowest BCUT2D eigenvalue weighted by molar-refractivity contribution is -0.118. The van der Waals surface area contributed by atoms with Crippen molar-refractivity contribution < 1.29 is 13.9 Å². The second-order valence-corrected chi connectivity index (χ2v) is 7.01. The molecule has 0 aliphatic rings. The van der Waals surface area contributed by atoms with Crippen LogP contribution in [-0.4, -0.2) is 27.3 Å². The monoisotopic (exact) mass is 404 g/mol. The Morgan fingerprint density at radius 2 is 1.97 bits per heavy atom. The molecule has 4 aromatic rings. The summed E-state index contributed by atoms with van der Waals surface area (Å²) in [5.74, 6) is 0.216. The zero-order valence-electron chi connectivity index (χ0n) is 16.6. The van der Waals surface area contributed by atoms with E-state index in [4.69, 9.17) is 9.15 Å². The van der Waals surface area contributed by atoms with Crippen LogP contribution in [0.5, 0.6) is 5.75 Å². The number of carbonyl (C=O) groups excluding carboxylic acids is 1. The molecular weight excluding hydrogens is 384 g/mol. The van der Waals surface area contributed by atoms with Crippen molar-refractivity contribution in [2.45, 2.75) is 20.4 Å². The number of carbonyl (C=O) groups is 1. The molecule has 0 atom stereocenters. The molecule has 0 saturated carbocycles. The number of aryl methyl sites for hydroxylation is 2.